The minimum absolute atomic E-state index is 0.132. The zero-order chi connectivity index (χ0) is 15.7. The first-order valence-corrected chi connectivity index (χ1v) is 6.60. The van der Waals surface area contributed by atoms with Crippen molar-refractivity contribution in [3.05, 3.63) is 47.8 Å². The van der Waals surface area contributed by atoms with Crippen molar-refractivity contribution < 1.29 is 19.1 Å². The number of carbonyl (C=O) groups excluding carboxylic acids is 2. The van der Waals surface area contributed by atoms with Crippen molar-refractivity contribution in [2.24, 2.45) is 0 Å². The smallest absolute Gasteiger partial charge is 0.348 e. The van der Waals surface area contributed by atoms with Crippen LogP contribution in [0.4, 0.5) is 0 Å². The predicted molar refractivity (Wildman–Crippen MR) is 75.6 cm³/mol. The summed E-state index contributed by atoms with van der Waals surface area (Å²) in [6.07, 6.45) is 4.72. The molecule has 0 amide bonds. The monoisotopic (exact) mass is 299 g/mol. The molecule has 0 atom stereocenters. The molecule has 1 aliphatic heterocycles. The molecule has 7 heteroatoms. The Kier molecular flexibility index (Phi) is 3.25. The summed E-state index contributed by atoms with van der Waals surface area (Å²) in [6.45, 7) is 3.01. The number of hydrogen-bond donors (Lipinski definition) is 0. The highest BCUT2D eigenvalue weighted by molar-refractivity contribution is 6.18. The standard InChI is InChI=1S/C15H13N3O4/c1-15(2)21-13(19)12(14(20)22-15)9-10-3-5-11(6-4-10)18-8-7-16-17-18/h3-9H,1-2H3. The van der Waals surface area contributed by atoms with Crippen LogP contribution in [0, 0.1) is 0 Å². The maximum Gasteiger partial charge on any atom is 0.348 e. The van der Waals surface area contributed by atoms with E-state index in [0.29, 0.717) is 5.56 Å². The van der Waals surface area contributed by atoms with Crippen LogP contribution in [0.25, 0.3) is 11.8 Å². The highest BCUT2D eigenvalue weighted by Crippen LogP contribution is 2.24. The van der Waals surface area contributed by atoms with Crippen molar-refractivity contribution >= 4 is 18.0 Å². The normalized spacial score (nSPS) is 16.9. The van der Waals surface area contributed by atoms with E-state index < -0.39 is 17.7 Å². The van der Waals surface area contributed by atoms with E-state index in [1.54, 1.807) is 41.3 Å². The van der Waals surface area contributed by atoms with E-state index in [9.17, 15) is 9.59 Å². The molecule has 3 rings (SSSR count). The van der Waals surface area contributed by atoms with Crippen molar-refractivity contribution in [1.29, 1.82) is 0 Å². The Bertz CT molecular complexity index is 724. The fourth-order valence-corrected chi connectivity index (χ4v) is 2.01. The average Bonchev–Trinajstić information content (AvgIpc) is 2.97. The van der Waals surface area contributed by atoms with Gasteiger partial charge < -0.3 is 9.47 Å². The Morgan fingerprint density at radius 2 is 1.73 bits per heavy atom. The van der Waals surface area contributed by atoms with Crippen LogP contribution >= 0.6 is 0 Å². The third-order valence-corrected chi connectivity index (χ3v) is 3.01. The van der Waals surface area contributed by atoms with Gasteiger partial charge in [-0.2, -0.15) is 0 Å². The number of carbonyl (C=O) groups is 2. The van der Waals surface area contributed by atoms with Gasteiger partial charge in [0.15, 0.2) is 0 Å². The first kappa shape index (κ1) is 14.0. The summed E-state index contributed by atoms with van der Waals surface area (Å²) in [5.74, 6) is -2.62. The lowest BCUT2D eigenvalue weighted by molar-refractivity contribution is -0.222. The molecule has 1 aliphatic rings. The topological polar surface area (TPSA) is 83.3 Å². The summed E-state index contributed by atoms with van der Waals surface area (Å²) < 4.78 is 11.7. The van der Waals surface area contributed by atoms with Crippen molar-refractivity contribution in [1.82, 2.24) is 15.0 Å². The number of benzene rings is 1. The molecule has 0 saturated carbocycles. The first-order valence-electron chi connectivity index (χ1n) is 6.60. The van der Waals surface area contributed by atoms with Crippen molar-refractivity contribution in [2.45, 2.75) is 19.6 Å². The molecule has 1 aromatic heterocycles. The van der Waals surface area contributed by atoms with Crippen molar-refractivity contribution in [3.63, 3.8) is 0 Å². The lowest BCUT2D eigenvalue weighted by atomic mass is 10.1. The van der Waals surface area contributed by atoms with Gasteiger partial charge >= 0.3 is 11.9 Å². The second kappa shape index (κ2) is 5.10. The van der Waals surface area contributed by atoms with Crippen LogP contribution in [0.15, 0.2) is 42.2 Å². The highest BCUT2D eigenvalue weighted by Gasteiger charge is 2.38. The zero-order valence-electron chi connectivity index (χ0n) is 12.0. The number of cyclic esters (lactones) is 2. The molecule has 2 heterocycles. The number of hydrogen-bond acceptors (Lipinski definition) is 6. The molecule has 7 nitrogen and oxygen atoms in total. The number of rotatable bonds is 2. The van der Waals surface area contributed by atoms with Crippen LogP contribution in [0.3, 0.4) is 0 Å². The lowest BCUT2D eigenvalue weighted by Gasteiger charge is -2.29. The number of nitrogens with zero attached hydrogens (tertiary/aromatic N) is 3. The van der Waals surface area contributed by atoms with Gasteiger partial charge in [0, 0.05) is 13.8 Å². The van der Waals surface area contributed by atoms with Crippen LogP contribution in [0.2, 0.25) is 0 Å². The Morgan fingerprint density at radius 3 is 2.27 bits per heavy atom. The summed E-state index contributed by atoms with van der Waals surface area (Å²) >= 11 is 0. The average molecular weight is 299 g/mol. The molecule has 2 aromatic rings. The molecule has 1 saturated heterocycles. The van der Waals surface area contributed by atoms with E-state index in [1.807, 2.05) is 0 Å². The van der Waals surface area contributed by atoms with E-state index in [4.69, 9.17) is 9.47 Å². The van der Waals surface area contributed by atoms with Crippen molar-refractivity contribution in [2.75, 3.05) is 0 Å². The molecule has 0 radical (unpaired) electrons. The van der Waals surface area contributed by atoms with Crippen molar-refractivity contribution in [3.8, 4) is 5.69 Å². The molecule has 0 spiro atoms. The SMILES string of the molecule is CC1(C)OC(=O)C(=Cc2ccc(-n3ccnn3)cc2)C(=O)O1. The van der Waals surface area contributed by atoms with E-state index in [0.717, 1.165) is 5.69 Å². The summed E-state index contributed by atoms with van der Waals surface area (Å²) in [5.41, 5.74) is 1.36. The Labute approximate surface area is 126 Å². The van der Waals surface area contributed by atoms with Gasteiger partial charge in [-0.3, -0.25) is 0 Å². The quantitative estimate of drug-likeness (QED) is 0.474. The Balaban J connectivity index is 1.86. The maximum absolute atomic E-state index is 11.9. The van der Waals surface area contributed by atoms with E-state index in [-0.39, 0.29) is 5.57 Å². The Hall–Kier alpha value is -2.96. The summed E-state index contributed by atoms with van der Waals surface area (Å²) in [4.78, 5) is 23.7. The molecule has 22 heavy (non-hydrogen) atoms. The van der Waals surface area contributed by atoms with E-state index in [2.05, 4.69) is 10.3 Å². The van der Waals surface area contributed by atoms with Gasteiger partial charge in [0.1, 0.15) is 5.57 Å². The second-order valence-electron chi connectivity index (χ2n) is 5.18. The minimum atomic E-state index is -1.23. The maximum atomic E-state index is 11.9. The Morgan fingerprint density at radius 1 is 1.09 bits per heavy atom. The molecule has 112 valence electrons. The molecule has 1 fully saturated rings. The summed E-state index contributed by atoms with van der Waals surface area (Å²) in [6, 6.07) is 7.10. The summed E-state index contributed by atoms with van der Waals surface area (Å²) in [5, 5.41) is 7.60. The van der Waals surface area contributed by atoms with Gasteiger partial charge in [0.05, 0.1) is 18.1 Å². The van der Waals surface area contributed by atoms with Crippen LogP contribution in [0.1, 0.15) is 19.4 Å². The molecule has 0 aliphatic carbocycles. The zero-order valence-corrected chi connectivity index (χ0v) is 12.0. The third kappa shape index (κ3) is 2.73. The first-order chi connectivity index (χ1) is 10.4. The van der Waals surface area contributed by atoms with E-state index in [1.165, 1.54) is 19.9 Å². The minimum Gasteiger partial charge on any atom is -0.419 e. The largest absolute Gasteiger partial charge is 0.419 e. The third-order valence-electron chi connectivity index (χ3n) is 3.01. The van der Waals surface area contributed by atoms with Gasteiger partial charge in [-0.15, -0.1) is 5.10 Å². The highest BCUT2D eigenvalue weighted by atomic mass is 16.7. The number of esters is 2. The van der Waals surface area contributed by atoms with Crippen LogP contribution < -0.4 is 0 Å². The van der Waals surface area contributed by atoms with Crippen LogP contribution in [-0.4, -0.2) is 32.7 Å². The fourth-order valence-electron chi connectivity index (χ4n) is 2.01. The van der Waals surface area contributed by atoms with Crippen LogP contribution in [0.5, 0.6) is 0 Å². The van der Waals surface area contributed by atoms with Gasteiger partial charge in [-0.25, -0.2) is 14.3 Å². The number of ether oxygens (including phenoxy) is 2. The van der Waals surface area contributed by atoms with Gasteiger partial charge in [0.25, 0.3) is 5.79 Å². The van der Waals surface area contributed by atoms with E-state index >= 15 is 0 Å². The molecule has 0 unspecified atom stereocenters. The predicted octanol–water partition coefficient (Wildman–Crippen LogP) is 1.49. The second-order valence-corrected chi connectivity index (χ2v) is 5.18. The molecule has 0 bridgehead atoms. The lowest BCUT2D eigenvalue weighted by Crippen LogP contribution is -2.41. The molecule has 0 N–H and O–H groups in total. The number of aromatic nitrogens is 3. The molecular formula is C15H13N3O4. The summed E-state index contributed by atoms with van der Waals surface area (Å²) in [7, 11) is 0. The van der Waals surface area contributed by atoms with Gasteiger partial charge in [0.2, 0.25) is 0 Å². The molecule has 1 aromatic carbocycles. The fraction of sp³-hybridized carbons (Fsp3) is 0.200. The van der Waals surface area contributed by atoms with Gasteiger partial charge in [-0.05, 0) is 23.8 Å². The van der Waals surface area contributed by atoms with Crippen LogP contribution in [-0.2, 0) is 19.1 Å². The molecular weight excluding hydrogens is 286 g/mol. The van der Waals surface area contributed by atoms with Gasteiger partial charge in [-0.1, -0.05) is 17.3 Å².